The number of aryl methyl sites for hydroxylation is 2. The Labute approximate surface area is 135 Å². The molecule has 118 valence electrons. The number of nitrogens with one attached hydrogen (secondary N) is 1. The number of pyridine rings is 1. The molecule has 0 aliphatic carbocycles. The maximum absolute atomic E-state index is 4.57. The van der Waals surface area contributed by atoms with Crippen molar-refractivity contribution in [2.24, 2.45) is 0 Å². The van der Waals surface area contributed by atoms with Crippen LogP contribution in [0.4, 0.5) is 5.82 Å². The molecule has 3 aromatic rings. The van der Waals surface area contributed by atoms with Crippen molar-refractivity contribution in [3.63, 3.8) is 0 Å². The first kappa shape index (κ1) is 15.1. The topological polar surface area (TPSA) is 68.5 Å². The van der Waals surface area contributed by atoms with Gasteiger partial charge in [-0.1, -0.05) is 13.0 Å². The molecule has 0 unspecified atom stereocenters. The first-order valence-corrected chi connectivity index (χ1v) is 7.77. The largest absolute Gasteiger partial charge is 0.368 e. The minimum atomic E-state index is 0.655. The van der Waals surface area contributed by atoms with Crippen LogP contribution in [-0.4, -0.2) is 31.3 Å². The van der Waals surface area contributed by atoms with Crippen molar-refractivity contribution in [1.82, 2.24) is 24.7 Å². The van der Waals surface area contributed by atoms with Gasteiger partial charge in [-0.05, 0) is 31.0 Å². The Balaban J connectivity index is 1.73. The summed E-state index contributed by atoms with van der Waals surface area (Å²) in [6.07, 6.45) is 6.50. The summed E-state index contributed by atoms with van der Waals surface area (Å²) in [5, 5.41) is 7.63. The lowest BCUT2D eigenvalue weighted by Crippen LogP contribution is -2.12. The first-order valence-electron chi connectivity index (χ1n) is 7.77. The summed E-state index contributed by atoms with van der Waals surface area (Å²) >= 11 is 0. The average molecular weight is 308 g/mol. The third-order valence-corrected chi connectivity index (χ3v) is 3.44. The van der Waals surface area contributed by atoms with Crippen LogP contribution in [0.3, 0.4) is 0 Å². The van der Waals surface area contributed by atoms with Crippen molar-refractivity contribution in [3.05, 3.63) is 54.1 Å². The van der Waals surface area contributed by atoms with Gasteiger partial charge in [0.05, 0.1) is 12.7 Å². The van der Waals surface area contributed by atoms with Crippen molar-refractivity contribution >= 4 is 5.82 Å². The molecule has 3 rings (SSSR count). The summed E-state index contributed by atoms with van der Waals surface area (Å²) < 4.78 is 1.92. The van der Waals surface area contributed by atoms with Crippen LogP contribution in [-0.2, 0) is 13.0 Å². The highest BCUT2D eigenvalue weighted by molar-refractivity contribution is 5.52. The molecule has 6 heteroatoms. The number of anilines is 1. The first-order chi connectivity index (χ1) is 11.2. The van der Waals surface area contributed by atoms with Gasteiger partial charge in [0, 0.05) is 30.7 Å². The molecule has 1 N–H and O–H groups in total. The lowest BCUT2D eigenvalue weighted by Gasteiger charge is -2.09. The maximum Gasteiger partial charge on any atom is 0.180 e. The molecule has 0 bridgehead atoms. The Morgan fingerprint density at radius 2 is 2.13 bits per heavy atom. The fourth-order valence-electron chi connectivity index (χ4n) is 2.27. The highest BCUT2D eigenvalue weighted by Crippen LogP contribution is 2.16. The molecule has 6 nitrogen and oxygen atoms in total. The van der Waals surface area contributed by atoms with E-state index in [2.05, 4.69) is 32.3 Å². The van der Waals surface area contributed by atoms with Crippen molar-refractivity contribution < 1.29 is 0 Å². The van der Waals surface area contributed by atoms with Crippen LogP contribution in [0.5, 0.6) is 0 Å². The molecule has 0 fully saturated rings. The molecular weight excluding hydrogens is 288 g/mol. The predicted molar refractivity (Wildman–Crippen MR) is 90.1 cm³/mol. The normalized spacial score (nSPS) is 10.7. The Morgan fingerprint density at radius 3 is 2.83 bits per heavy atom. The standard InChI is InChI=1S/C17H20N6/c1-3-14-10-16(19-8-9-23-12-13(2)11-20-23)22-17(21-14)15-6-4-5-7-18-15/h4-7,10-12H,3,8-9H2,1-2H3,(H,19,21,22). The summed E-state index contributed by atoms with van der Waals surface area (Å²) in [5.74, 6) is 1.48. The summed E-state index contributed by atoms with van der Waals surface area (Å²) in [4.78, 5) is 13.5. The second-order valence-corrected chi connectivity index (χ2v) is 5.34. The van der Waals surface area contributed by atoms with E-state index in [0.717, 1.165) is 42.3 Å². The van der Waals surface area contributed by atoms with E-state index in [0.29, 0.717) is 5.82 Å². The van der Waals surface area contributed by atoms with E-state index >= 15 is 0 Å². The van der Waals surface area contributed by atoms with Gasteiger partial charge in [0.2, 0.25) is 0 Å². The molecule has 3 heterocycles. The zero-order valence-electron chi connectivity index (χ0n) is 13.4. The van der Waals surface area contributed by atoms with Gasteiger partial charge < -0.3 is 5.32 Å². The zero-order chi connectivity index (χ0) is 16.1. The molecule has 23 heavy (non-hydrogen) atoms. The number of nitrogens with zero attached hydrogens (tertiary/aromatic N) is 5. The molecule has 0 saturated carbocycles. The summed E-state index contributed by atoms with van der Waals surface area (Å²) in [5.41, 5.74) is 2.95. The lowest BCUT2D eigenvalue weighted by atomic mass is 10.3. The van der Waals surface area contributed by atoms with E-state index in [1.165, 1.54) is 0 Å². The second-order valence-electron chi connectivity index (χ2n) is 5.34. The van der Waals surface area contributed by atoms with Crippen molar-refractivity contribution in [2.75, 3.05) is 11.9 Å². The van der Waals surface area contributed by atoms with Crippen LogP contribution >= 0.6 is 0 Å². The predicted octanol–water partition coefficient (Wildman–Crippen LogP) is 2.72. The highest BCUT2D eigenvalue weighted by atomic mass is 15.3. The van der Waals surface area contributed by atoms with E-state index in [1.807, 2.05) is 48.3 Å². The minimum absolute atomic E-state index is 0.655. The van der Waals surface area contributed by atoms with E-state index < -0.39 is 0 Å². The monoisotopic (exact) mass is 308 g/mol. The third-order valence-electron chi connectivity index (χ3n) is 3.44. The van der Waals surface area contributed by atoms with Gasteiger partial charge in [-0.3, -0.25) is 9.67 Å². The van der Waals surface area contributed by atoms with E-state index in [-0.39, 0.29) is 0 Å². The van der Waals surface area contributed by atoms with Crippen LogP contribution in [0, 0.1) is 6.92 Å². The lowest BCUT2D eigenvalue weighted by molar-refractivity contribution is 0.636. The average Bonchev–Trinajstić information content (AvgIpc) is 3.00. The van der Waals surface area contributed by atoms with Crippen LogP contribution in [0.15, 0.2) is 42.9 Å². The molecule has 0 spiro atoms. The van der Waals surface area contributed by atoms with Gasteiger partial charge >= 0.3 is 0 Å². The number of rotatable bonds is 6. The molecule has 0 radical (unpaired) electrons. The van der Waals surface area contributed by atoms with Crippen molar-refractivity contribution in [1.29, 1.82) is 0 Å². The number of aromatic nitrogens is 5. The molecule has 0 aliphatic heterocycles. The third kappa shape index (κ3) is 3.91. The smallest absolute Gasteiger partial charge is 0.180 e. The van der Waals surface area contributed by atoms with Crippen LogP contribution in [0.1, 0.15) is 18.2 Å². The highest BCUT2D eigenvalue weighted by Gasteiger charge is 2.07. The summed E-state index contributed by atoms with van der Waals surface area (Å²) in [6.45, 7) is 5.66. The molecular formula is C17H20N6. The molecule has 3 aromatic heterocycles. The van der Waals surface area contributed by atoms with Gasteiger partial charge in [0.15, 0.2) is 5.82 Å². The molecule has 0 saturated heterocycles. The van der Waals surface area contributed by atoms with E-state index in [1.54, 1.807) is 6.20 Å². The quantitative estimate of drug-likeness (QED) is 0.758. The Bertz CT molecular complexity index is 766. The fraction of sp³-hybridized carbons (Fsp3) is 0.294. The van der Waals surface area contributed by atoms with Crippen LogP contribution in [0.2, 0.25) is 0 Å². The maximum atomic E-state index is 4.57. The number of hydrogen-bond acceptors (Lipinski definition) is 5. The Kier molecular flexibility index (Phi) is 4.61. The van der Waals surface area contributed by atoms with Crippen LogP contribution in [0.25, 0.3) is 11.5 Å². The van der Waals surface area contributed by atoms with Gasteiger partial charge in [-0.2, -0.15) is 5.10 Å². The second kappa shape index (κ2) is 7.00. The summed E-state index contributed by atoms with van der Waals surface area (Å²) in [6, 6.07) is 7.74. The Morgan fingerprint density at radius 1 is 1.22 bits per heavy atom. The van der Waals surface area contributed by atoms with E-state index in [4.69, 9.17) is 0 Å². The SMILES string of the molecule is CCc1cc(NCCn2cc(C)cn2)nc(-c2ccccn2)n1. The fourth-order valence-corrected chi connectivity index (χ4v) is 2.27. The Hall–Kier alpha value is -2.76. The molecule has 0 aromatic carbocycles. The molecule has 0 amide bonds. The van der Waals surface area contributed by atoms with Gasteiger partial charge in [0.25, 0.3) is 0 Å². The van der Waals surface area contributed by atoms with Crippen molar-refractivity contribution in [3.8, 4) is 11.5 Å². The zero-order valence-corrected chi connectivity index (χ0v) is 13.4. The molecule has 0 atom stereocenters. The van der Waals surface area contributed by atoms with Gasteiger partial charge in [0.1, 0.15) is 11.5 Å². The number of hydrogen-bond donors (Lipinski definition) is 1. The van der Waals surface area contributed by atoms with Crippen molar-refractivity contribution in [2.45, 2.75) is 26.8 Å². The summed E-state index contributed by atoms with van der Waals surface area (Å²) in [7, 11) is 0. The minimum Gasteiger partial charge on any atom is -0.368 e. The van der Waals surface area contributed by atoms with Crippen LogP contribution < -0.4 is 5.32 Å². The van der Waals surface area contributed by atoms with Gasteiger partial charge in [-0.25, -0.2) is 9.97 Å². The van der Waals surface area contributed by atoms with E-state index in [9.17, 15) is 0 Å². The molecule has 0 aliphatic rings. The van der Waals surface area contributed by atoms with Gasteiger partial charge in [-0.15, -0.1) is 0 Å².